The molecule has 0 radical (unpaired) electrons. The summed E-state index contributed by atoms with van der Waals surface area (Å²) < 4.78 is 0. The van der Waals surface area contributed by atoms with Crippen LogP contribution in [0.15, 0.2) is 0 Å². The molecule has 0 aromatic rings. The fourth-order valence-corrected chi connectivity index (χ4v) is 2.19. The third kappa shape index (κ3) is 11.0. The molecule has 0 aliphatic carbocycles. The maximum atomic E-state index is 11.5. The number of hydrogen-bond acceptors (Lipinski definition) is 3. The number of carbonyl (C=O) groups excluding carboxylic acids is 1. The largest absolute Gasteiger partial charge is 0.481 e. The van der Waals surface area contributed by atoms with E-state index in [2.05, 4.69) is 24.5 Å². The van der Waals surface area contributed by atoms with Gasteiger partial charge in [0.05, 0.1) is 0 Å². The lowest BCUT2D eigenvalue weighted by Gasteiger charge is -2.16. The first-order chi connectivity index (χ1) is 9.49. The minimum absolute atomic E-state index is 0.139. The van der Waals surface area contributed by atoms with Crippen LogP contribution in [-0.2, 0) is 4.79 Å². The molecule has 0 fully saturated rings. The van der Waals surface area contributed by atoms with Crippen molar-refractivity contribution in [3.8, 4) is 0 Å². The average molecular weight is 304 g/mol. The van der Waals surface area contributed by atoms with Crippen LogP contribution in [0, 0.1) is 5.92 Å². The second kappa shape index (κ2) is 11.9. The Morgan fingerprint density at radius 1 is 1.20 bits per heavy atom. The van der Waals surface area contributed by atoms with Gasteiger partial charge in [0.15, 0.2) is 0 Å². The summed E-state index contributed by atoms with van der Waals surface area (Å²) in [5, 5.41) is 14.8. The highest BCUT2D eigenvalue weighted by Crippen LogP contribution is 2.17. The third-order valence-corrected chi connectivity index (χ3v) is 4.23. The van der Waals surface area contributed by atoms with Crippen molar-refractivity contribution < 1.29 is 14.7 Å². The van der Waals surface area contributed by atoms with Gasteiger partial charge in [0.2, 0.25) is 0 Å². The van der Waals surface area contributed by atoms with Crippen LogP contribution in [0.1, 0.15) is 46.0 Å². The molecule has 5 nitrogen and oxygen atoms in total. The predicted molar refractivity (Wildman–Crippen MR) is 84.3 cm³/mol. The minimum Gasteiger partial charge on any atom is -0.481 e. The molecule has 0 aromatic heterocycles. The summed E-state index contributed by atoms with van der Waals surface area (Å²) in [6, 6.07) is -0.139. The molecule has 6 heteroatoms. The molecule has 0 aromatic carbocycles. The standard InChI is InChI=1S/C14H28N2O3S/c1-4-5-12(6-7-13(17)18)8-9-15-14(19)16-10-11(2)20-3/h11-12H,4-10H2,1-3H3,(H,17,18)(H2,15,16,19). The molecular formula is C14H28N2O3S. The Hall–Kier alpha value is -0.910. The highest BCUT2D eigenvalue weighted by molar-refractivity contribution is 7.99. The summed E-state index contributed by atoms with van der Waals surface area (Å²) in [7, 11) is 0. The summed E-state index contributed by atoms with van der Waals surface area (Å²) in [6.07, 6.45) is 5.81. The summed E-state index contributed by atoms with van der Waals surface area (Å²) in [4.78, 5) is 22.1. The Kier molecular flexibility index (Phi) is 11.3. The average Bonchev–Trinajstić information content (AvgIpc) is 2.41. The van der Waals surface area contributed by atoms with Crippen molar-refractivity contribution in [1.29, 1.82) is 0 Å². The van der Waals surface area contributed by atoms with Crippen LogP contribution in [0.4, 0.5) is 4.79 Å². The fraction of sp³-hybridized carbons (Fsp3) is 0.857. The summed E-state index contributed by atoms with van der Waals surface area (Å²) in [5.74, 6) is -0.371. The Balaban J connectivity index is 3.80. The molecule has 0 aliphatic rings. The smallest absolute Gasteiger partial charge is 0.314 e. The molecule has 2 amide bonds. The molecule has 3 N–H and O–H groups in total. The van der Waals surface area contributed by atoms with Gasteiger partial charge in [0.25, 0.3) is 0 Å². The quantitative estimate of drug-likeness (QED) is 0.548. The summed E-state index contributed by atoms with van der Waals surface area (Å²) >= 11 is 1.71. The number of carboxylic acids is 1. The maximum absolute atomic E-state index is 11.5. The van der Waals surface area contributed by atoms with Crippen molar-refractivity contribution in [2.45, 2.75) is 51.2 Å². The second-order valence-electron chi connectivity index (χ2n) is 5.06. The van der Waals surface area contributed by atoms with Crippen molar-refractivity contribution in [3.05, 3.63) is 0 Å². The van der Waals surface area contributed by atoms with Gasteiger partial charge in [-0.15, -0.1) is 0 Å². The molecule has 0 saturated heterocycles. The molecule has 0 spiro atoms. The maximum Gasteiger partial charge on any atom is 0.314 e. The fourth-order valence-electron chi connectivity index (χ4n) is 1.94. The number of carbonyl (C=O) groups is 2. The van der Waals surface area contributed by atoms with Gasteiger partial charge >= 0.3 is 12.0 Å². The van der Waals surface area contributed by atoms with Crippen LogP contribution in [-0.4, -0.2) is 41.7 Å². The first kappa shape index (κ1) is 19.1. The Morgan fingerprint density at radius 3 is 2.45 bits per heavy atom. The van der Waals surface area contributed by atoms with Crippen molar-refractivity contribution in [2.24, 2.45) is 5.92 Å². The zero-order chi connectivity index (χ0) is 15.4. The molecule has 118 valence electrons. The molecule has 0 bridgehead atoms. The van der Waals surface area contributed by atoms with Gasteiger partial charge in [0.1, 0.15) is 0 Å². The van der Waals surface area contributed by atoms with Crippen molar-refractivity contribution >= 4 is 23.8 Å². The van der Waals surface area contributed by atoms with E-state index in [-0.39, 0.29) is 12.5 Å². The summed E-state index contributed by atoms with van der Waals surface area (Å²) in [5.41, 5.74) is 0. The first-order valence-corrected chi connectivity index (χ1v) is 8.54. The van der Waals surface area contributed by atoms with Gasteiger partial charge in [-0.1, -0.05) is 26.7 Å². The van der Waals surface area contributed by atoms with Crippen LogP contribution < -0.4 is 10.6 Å². The van der Waals surface area contributed by atoms with Gasteiger partial charge in [-0.2, -0.15) is 11.8 Å². The zero-order valence-corrected chi connectivity index (χ0v) is 13.6. The van der Waals surface area contributed by atoms with Gasteiger partial charge in [-0.25, -0.2) is 4.79 Å². The van der Waals surface area contributed by atoms with Crippen molar-refractivity contribution in [1.82, 2.24) is 10.6 Å². The molecule has 0 aliphatic heterocycles. The molecule has 20 heavy (non-hydrogen) atoms. The van der Waals surface area contributed by atoms with Crippen molar-refractivity contribution in [2.75, 3.05) is 19.3 Å². The number of carboxylic acid groups (broad SMARTS) is 1. The summed E-state index contributed by atoms with van der Waals surface area (Å²) in [6.45, 7) is 5.42. The van der Waals surface area contributed by atoms with Gasteiger partial charge < -0.3 is 15.7 Å². The molecule has 2 atom stereocenters. The lowest BCUT2D eigenvalue weighted by Crippen LogP contribution is -2.39. The minimum atomic E-state index is -0.747. The normalized spacial score (nSPS) is 13.6. The van der Waals surface area contributed by atoms with E-state index in [1.807, 2.05) is 6.26 Å². The predicted octanol–water partition coefficient (Wildman–Crippen LogP) is 2.71. The van der Waals surface area contributed by atoms with Crippen LogP contribution in [0.2, 0.25) is 0 Å². The number of nitrogens with one attached hydrogen (secondary N) is 2. The van der Waals surface area contributed by atoms with Crippen LogP contribution >= 0.6 is 11.8 Å². The molecule has 0 rings (SSSR count). The topological polar surface area (TPSA) is 78.4 Å². The van der Waals surface area contributed by atoms with E-state index in [1.54, 1.807) is 11.8 Å². The van der Waals surface area contributed by atoms with Crippen LogP contribution in [0.3, 0.4) is 0 Å². The second-order valence-corrected chi connectivity index (χ2v) is 6.34. The number of rotatable bonds is 11. The Morgan fingerprint density at radius 2 is 1.90 bits per heavy atom. The molecule has 0 heterocycles. The highest BCUT2D eigenvalue weighted by Gasteiger charge is 2.11. The SMILES string of the molecule is CCCC(CCNC(=O)NCC(C)SC)CCC(=O)O. The number of urea groups is 1. The number of hydrogen-bond donors (Lipinski definition) is 3. The number of amides is 2. The molecular weight excluding hydrogens is 276 g/mol. The molecule has 2 unspecified atom stereocenters. The highest BCUT2D eigenvalue weighted by atomic mass is 32.2. The van der Waals surface area contributed by atoms with E-state index in [1.165, 1.54) is 0 Å². The van der Waals surface area contributed by atoms with Crippen molar-refractivity contribution in [3.63, 3.8) is 0 Å². The van der Waals surface area contributed by atoms with Crippen LogP contribution in [0.25, 0.3) is 0 Å². The lowest BCUT2D eigenvalue weighted by atomic mass is 9.94. The van der Waals surface area contributed by atoms with E-state index >= 15 is 0 Å². The van der Waals surface area contributed by atoms with E-state index < -0.39 is 5.97 Å². The van der Waals surface area contributed by atoms with Gasteiger partial charge in [-0.05, 0) is 25.0 Å². The third-order valence-electron chi connectivity index (χ3n) is 3.25. The van der Waals surface area contributed by atoms with E-state index in [9.17, 15) is 9.59 Å². The van der Waals surface area contributed by atoms with E-state index in [0.29, 0.717) is 30.7 Å². The van der Waals surface area contributed by atoms with Crippen LogP contribution in [0.5, 0.6) is 0 Å². The van der Waals surface area contributed by atoms with E-state index in [4.69, 9.17) is 5.11 Å². The lowest BCUT2D eigenvalue weighted by molar-refractivity contribution is -0.137. The zero-order valence-electron chi connectivity index (χ0n) is 12.8. The molecule has 0 saturated carbocycles. The number of aliphatic carboxylic acids is 1. The van der Waals surface area contributed by atoms with E-state index in [0.717, 1.165) is 19.3 Å². The Bertz CT molecular complexity index is 288. The number of thioether (sulfide) groups is 1. The Labute approximate surface area is 126 Å². The first-order valence-electron chi connectivity index (χ1n) is 7.25. The van der Waals surface area contributed by atoms with Gasteiger partial charge in [-0.3, -0.25) is 4.79 Å². The van der Waals surface area contributed by atoms with Gasteiger partial charge in [0, 0.05) is 24.8 Å². The monoisotopic (exact) mass is 304 g/mol.